The molecule has 692 valence electrons. The minimum absolute atomic E-state index is 0.463. The SMILES string of the molecule is CC(C)c1ccc(N(c2ccc(-c3ccccc3)cc2)c2c(-c3ccccc3)c(-c3ccccc3)cc3ccccc23)cc1.c1ccc(-c2cc3ccccc3c(N(c3cccc4c3sc3ccccc34)c3cccc4c3sc3ccccc34)c2-c2ccccc2)cc1.c1ccc(-c2ccc(N(c3ccc(-c4ccccc4)cc3)c3c(-c4ccccc4)c(-c4ccccc4)cc4c(-c5ccccc5)cccc34)cc2)cc1. The molecule has 0 N–H and O–H groups in total. The highest BCUT2D eigenvalue weighted by Gasteiger charge is 2.32. The summed E-state index contributed by atoms with van der Waals surface area (Å²) in [5.41, 5.74) is 35.7. The number of hydrogen-bond acceptors (Lipinski definition) is 5. The Morgan fingerprint density at radius 1 is 0.164 bits per heavy atom. The van der Waals surface area contributed by atoms with Gasteiger partial charge in [0.2, 0.25) is 0 Å². The fraction of sp³-hybridized carbons (Fsp3) is 0.0213. The monoisotopic (exact) mass is 1900 g/mol. The molecule has 0 bridgehead atoms. The average molecular weight is 1900 g/mol. The summed E-state index contributed by atoms with van der Waals surface area (Å²) in [5.74, 6) is 0.463. The van der Waals surface area contributed by atoms with Gasteiger partial charge in [-0.2, -0.15) is 0 Å². The molecular weight excluding hydrogens is 1800 g/mol. The molecule has 0 radical (unpaired) electrons. The summed E-state index contributed by atoms with van der Waals surface area (Å²) in [5, 5.41) is 12.4. The van der Waals surface area contributed by atoms with Crippen LogP contribution in [0.5, 0.6) is 0 Å². The largest absolute Gasteiger partial charge is 0.309 e. The van der Waals surface area contributed by atoms with Gasteiger partial charge in [-0.25, -0.2) is 0 Å². The molecule has 26 aromatic rings. The first-order valence-corrected chi connectivity index (χ1v) is 51.8. The molecule has 5 heteroatoms. The summed E-state index contributed by atoms with van der Waals surface area (Å²) < 4.78 is 5.18. The topological polar surface area (TPSA) is 9.72 Å². The van der Waals surface area contributed by atoms with Crippen molar-refractivity contribution in [3.63, 3.8) is 0 Å². The van der Waals surface area contributed by atoms with E-state index in [4.69, 9.17) is 0 Å². The third kappa shape index (κ3) is 17.8. The Kier molecular flexibility index (Phi) is 25.3. The van der Waals surface area contributed by atoms with Crippen molar-refractivity contribution in [1.29, 1.82) is 0 Å². The number of benzene rings is 24. The smallest absolute Gasteiger partial charge is 0.0641 e. The van der Waals surface area contributed by atoms with Crippen LogP contribution in [0.2, 0.25) is 0 Å². The van der Waals surface area contributed by atoms with E-state index in [1.54, 1.807) is 0 Å². The van der Waals surface area contributed by atoms with Gasteiger partial charge in [-0.15, -0.1) is 22.7 Å². The second-order valence-corrected chi connectivity index (χ2v) is 39.4. The summed E-state index contributed by atoms with van der Waals surface area (Å²) in [4.78, 5) is 7.51. The molecular formula is C141H101N3S2. The summed E-state index contributed by atoms with van der Waals surface area (Å²) in [6, 6.07) is 207. The maximum atomic E-state index is 2.59. The van der Waals surface area contributed by atoms with Gasteiger partial charge in [0.25, 0.3) is 0 Å². The van der Waals surface area contributed by atoms with E-state index in [-0.39, 0.29) is 0 Å². The average Bonchev–Trinajstić information content (AvgIpc) is 1.69. The molecule has 0 unspecified atom stereocenters. The zero-order chi connectivity index (χ0) is 97.6. The highest BCUT2D eigenvalue weighted by atomic mass is 32.1. The van der Waals surface area contributed by atoms with Crippen LogP contribution in [-0.2, 0) is 0 Å². The summed E-state index contributed by atoms with van der Waals surface area (Å²) in [6.45, 7) is 4.50. The van der Waals surface area contributed by atoms with E-state index >= 15 is 0 Å². The van der Waals surface area contributed by atoms with Crippen LogP contribution in [-0.4, -0.2) is 0 Å². The first-order valence-electron chi connectivity index (χ1n) is 50.2. The molecule has 0 saturated heterocycles. The minimum Gasteiger partial charge on any atom is -0.309 e. The Balaban J connectivity index is 0.000000118. The van der Waals surface area contributed by atoms with Crippen LogP contribution >= 0.6 is 22.7 Å². The lowest BCUT2D eigenvalue weighted by molar-refractivity contribution is 0.866. The van der Waals surface area contributed by atoms with Gasteiger partial charge in [-0.3, -0.25) is 0 Å². The van der Waals surface area contributed by atoms with Crippen molar-refractivity contribution in [3.05, 3.63) is 576 Å². The molecule has 2 aromatic heterocycles. The summed E-state index contributed by atoms with van der Waals surface area (Å²) in [7, 11) is 0. The zero-order valence-electron chi connectivity index (χ0n) is 81.0. The van der Waals surface area contributed by atoms with Crippen LogP contribution in [0.1, 0.15) is 25.3 Å². The molecule has 0 atom stereocenters. The van der Waals surface area contributed by atoms with Gasteiger partial charge in [0.15, 0.2) is 0 Å². The fourth-order valence-electron chi connectivity index (χ4n) is 21.2. The quantitative estimate of drug-likeness (QED) is 0.0753. The Morgan fingerprint density at radius 2 is 0.411 bits per heavy atom. The Hall–Kier alpha value is -18.1. The predicted molar refractivity (Wildman–Crippen MR) is 630 cm³/mol. The van der Waals surface area contributed by atoms with Gasteiger partial charge < -0.3 is 14.7 Å². The molecule has 26 rings (SSSR count). The van der Waals surface area contributed by atoms with Crippen molar-refractivity contribution in [2.45, 2.75) is 19.8 Å². The second kappa shape index (κ2) is 40.9. The van der Waals surface area contributed by atoms with Gasteiger partial charge in [-0.05, 0) is 213 Å². The number of hydrogen-bond donors (Lipinski definition) is 0. The van der Waals surface area contributed by atoms with Crippen LogP contribution in [0.15, 0.2) is 570 Å². The summed E-state index contributed by atoms with van der Waals surface area (Å²) in [6.07, 6.45) is 0. The zero-order valence-corrected chi connectivity index (χ0v) is 82.6. The van der Waals surface area contributed by atoms with E-state index < -0.39 is 0 Å². The van der Waals surface area contributed by atoms with Crippen LogP contribution < -0.4 is 14.7 Å². The molecule has 2 heterocycles. The first kappa shape index (κ1) is 90.5. The van der Waals surface area contributed by atoms with Gasteiger partial charge >= 0.3 is 0 Å². The van der Waals surface area contributed by atoms with E-state index in [9.17, 15) is 0 Å². The summed E-state index contributed by atoms with van der Waals surface area (Å²) >= 11 is 3.77. The van der Waals surface area contributed by atoms with Gasteiger partial charge in [-0.1, -0.05) is 493 Å². The number of thiophene rings is 2. The normalized spacial score (nSPS) is 11.3. The van der Waals surface area contributed by atoms with Crippen LogP contribution in [0, 0.1) is 0 Å². The maximum Gasteiger partial charge on any atom is 0.0641 e. The number of nitrogens with zero attached hydrogens (tertiary/aromatic N) is 3. The van der Waals surface area contributed by atoms with Crippen LogP contribution in [0.25, 0.3) is 184 Å². The van der Waals surface area contributed by atoms with Crippen molar-refractivity contribution in [2.75, 3.05) is 14.7 Å². The van der Waals surface area contributed by atoms with E-state index in [0.29, 0.717) is 5.92 Å². The van der Waals surface area contributed by atoms with Gasteiger partial charge in [0.05, 0.1) is 37.8 Å². The lowest BCUT2D eigenvalue weighted by Gasteiger charge is -2.31. The standard InChI is InChI=1S/C52H37N.C46H29NS2.C43H35N/c1-6-17-38(18-7-1)40-29-33-45(34-30-40)53(46-35-31-41(32-36-46)39-19-8-2-9-20-39)52-48-28-16-27-47(42-21-10-3-11-22-42)50(48)37-49(43-23-12-4-13-24-43)51(52)44-25-14-5-15-26-44;1-3-15-30(16-4-1)38-29-32-19-7-8-20-33(32)44(43(38)31-17-5-2-6-18-31)47(39-25-13-23-36-34-21-9-11-27-41(34)48-45(36)39)40-26-14-24-37-35-22-10-12-28-42(35)49-46(37)40;1-31(2)32-22-26-38(27-23-32)44(39-28-24-34(25-29-39)33-14-6-3-7-15-33)43-40-21-13-12-20-37(40)30-41(35-16-8-4-9-17-35)42(43)36-18-10-5-11-19-36/h1-37H;1-29H;3-31H,1-2H3. The number of anilines is 9. The minimum atomic E-state index is 0.463. The molecule has 146 heavy (non-hydrogen) atoms. The van der Waals surface area contributed by atoms with Crippen molar-refractivity contribution in [2.24, 2.45) is 0 Å². The molecule has 0 amide bonds. The predicted octanol–water partition coefficient (Wildman–Crippen LogP) is 41.5. The van der Waals surface area contributed by atoms with Crippen LogP contribution in [0.3, 0.4) is 0 Å². The van der Waals surface area contributed by atoms with Crippen molar-refractivity contribution in [3.8, 4) is 111 Å². The second-order valence-electron chi connectivity index (χ2n) is 37.3. The molecule has 0 aliphatic heterocycles. The van der Waals surface area contributed by atoms with Gasteiger partial charge in [0, 0.05) is 86.5 Å². The lowest BCUT2D eigenvalue weighted by Crippen LogP contribution is -2.13. The fourth-order valence-corrected chi connectivity index (χ4v) is 23.6. The third-order valence-corrected chi connectivity index (χ3v) is 30.6. The highest BCUT2D eigenvalue weighted by Crippen LogP contribution is 2.58. The van der Waals surface area contributed by atoms with Crippen molar-refractivity contribution >= 4 is 147 Å². The van der Waals surface area contributed by atoms with Crippen molar-refractivity contribution in [1.82, 2.24) is 0 Å². The maximum absolute atomic E-state index is 2.59. The molecule has 0 saturated carbocycles. The third-order valence-electron chi connectivity index (χ3n) is 28.2. The first-order chi connectivity index (χ1) is 72.3. The Bertz CT molecular complexity index is 8910. The van der Waals surface area contributed by atoms with Crippen molar-refractivity contribution < 1.29 is 0 Å². The Morgan fingerprint density at radius 3 is 0.753 bits per heavy atom. The van der Waals surface area contributed by atoms with E-state index in [0.717, 1.165) is 28.4 Å². The van der Waals surface area contributed by atoms with E-state index in [2.05, 4.69) is 599 Å². The van der Waals surface area contributed by atoms with Gasteiger partial charge in [0.1, 0.15) is 0 Å². The highest BCUT2D eigenvalue weighted by molar-refractivity contribution is 7.27. The Labute approximate surface area is 861 Å². The number of fused-ring (bicyclic) bond motifs is 9. The molecule has 24 aromatic carbocycles. The molecule has 0 aliphatic carbocycles. The van der Waals surface area contributed by atoms with E-state index in [1.807, 2.05) is 22.7 Å². The van der Waals surface area contributed by atoms with E-state index in [1.165, 1.54) is 212 Å². The van der Waals surface area contributed by atoms with Crippen LogP contribution in [0.4, 0.5) is 51.2 Å². The molecule has 0 aliphatic rings. The number of rotatable bonds is 20. The molecule has 3 nitrogen and oxygen atoms in total. The lowest BCUT2D eigenvalue weighted by atomic mass is 9.86. The molecule has 0 spiro atoms. The molecule has 0 fully saturated rings.